The highest BCUT2D eigenvalue weighted by atomic mass is 32.9. The molecule has 1 aromatic carbocycles. The predicted octanol–water partition coefficient (Wildman–Crippen LogP) is 3.33. The van der Waals surface area contributed by atoms with E-state index in [9.17, 15) is 9.18 Å². The van der Waals surface area contributed by atoms with Gasteiger partial charge in [0.1, 0.15) is 5.82 Å². The fraction of sp³-hybridized carbons (Fsp3) is 0. The quantitative estimate of drug-likeness (QED) is 0.673. The third-order valence-electron chi connectivity index (χ3n) is 1.71. The topological polar surface area (TPSA) is 42.0 Å². The summed E-state index contributed by atoms with van der Waals surface area (Å²) in [6, 6.07) is 5.29. The summed E-state index contributed by atoms with van der Waals surface area (Å²) in [6.07, 6.45) is 0. The van der Waals surface area contributed by atoms with E-state index in [2.05, 4.69) is 10.3 Å². The molecule has 0 saturated carbocycles. The zero-order chi connectivity index (χ0) is 11.5. The Balaban J connectivity index is 2.14. The van der Waals surface area contributed by atoms with Gasteiger partial charge in [-0.2, -0.15) is 4.98 Å². The van der Waals surface area contributed by atoms with E-state index in [1.807, 2.05) is 0 Å². The van der Waals surface area contributed by atoms with Crippen molar-refractivity contribution in [3.8, 4) is 0 Å². The van der Waals surface area contributed by atoms with E-state index < -0.39 is 0 Å². The van der Waals surface area contributed by atoms with E-state index in [1.165, 1.54) is 44.9 Å². The van der Waals surface area contributed by atoms with E-state index in [4.69, 9.17) is 12.2 Å². The Labute approximate surface area is 103 Å². The largest absolute Gasteiger partial charge is 0.297 e. The molecule has 3 nitrogen and oxygen atoms in total. The zero-order valence-corrected chi connectivity index (χ0v) is 10.2. The van der Waals surface area contributed by atoms with Crippen molar-refractivity contribution in [2.45, 2.75) is 0 Å². The number of carbonyl (C=O) groups excluding carboxylic acids is 1. The summed E-state index contributed by atoms with van der Waals surface area (Å²) < 4.78 is 13.1. The van der Waals surface area contributed by atoms with E-state index >= 15 is 0 Å². The van der Waals surface area contributed by atoms with Crippen LogP contribution >= 0.6 is 32.9 Å². The summed E-state index contributed by atoms with van der Waals surface area (Å²) >= 11 is 4.84. The first-order valence-corrected chi connectivity index (χ1v) is 6.75. The minimum atomic E-state index is -0.374. The average Bonchev–Trinajstić information content (AvgIpc) is 2.65. The summed E-state index contributed by atoms with van der Waals surface area (Å²) in [5.41, 5.74) is 0.382. The number of aromatic nitrogens is 1. The molecule has 1 amide bonds. The van der Waals surface area contributed by atoms with Gasteiger partial charge in [0.25, 0.3) is 5.91 Å². The second kappa shape index (κ2) is 4.77. The molecule has 82 valence electrons. The standard InChI is InChI=1S/C9H5FN2OS3/c10-6-3-1-5(2-4-6)7(13)11-8-12-9(14)16-15-8/h1-4H,(H,11,12,13,14). The molecule has 0 aliphatic carbocycles. The smallest absolute Gasteiger partial charge is 0.257 e. The van der Waals surface area contributed by atoms with Crippen molar-refractivity contribution in [2.24, 2.45) is 0 Å². The summed E-state index contributed by atoms with van der Waals surface area (Å²) in [4.78, 5) is 15.6. The van der Waals surface area contributed by atoms with Crippen molar-refractivity contribution in [3.05, 3.63) is 39.6 Å². The maximum atomic E-state index is 12.6. The Morgan fingerprint density at radius 2 is 2.00 bits per heavy atom. The van der Waals surface area contributed by atoms with E-state index in [1.54, 1.807) is 0 Å². The Hall–Kier alpha value is -1.18. The number of hydrogen-bond donors (Lipinski definition) is 1. The van der Waals surface area contributed by atoms with E-state index in [0.717, 1.165) is 0 Å². The number of rotatable bonds is 2. The highest BCUT2D eigenvalue weighted by Crippen LogP contribution is 2.19. The highest BCUT2D eigenvalue weighted by molar-refractivity contribution is 7.79. The van der Waals surface area contributed by atoms with Crippen molar-refractivity contribution in [3.63, 3.8) is 0 Å². The average molecular weight is 272 g/mol. The van der Waals surface area contributed by atoms with Gasteiger partial charge in [0.05, 0.1) is 0 Å². The summed E-state index contributed by atoms with van der Waals surface area (Å²) in [6.45, 7) is 0. The van der Waals surface area contributed by atoms with Crippen LogP contribution in [0.3, 0.4) is 0 Å². The minimum absolute atomic E-state index is 0.323. The summed E-state index contributed by atoms with van der Waals surface area (Å²) in [7, 11) is 2.61. The number of carbonyl (C=O) groups is 1. The molecule has 2 rings (SSSR count). The lowest BCUT2D eigenvalue weighted by Gasteiger charge is -2.00. The normalized spacial score (nSPS) is 10.1. The summed E-state index contributed by atoms with van der Waals surface area (Å²) in [5, 5.41) is 3.05. The second-order valence-corrected chi connectivity index (χ2v) is 5.56. The molecular formula is C9H5FN2OS3. The molecule has 0 saturated heterocycles. The lowest BCUT2D eigenvalue weighted by atomic mass is 10.2. The van der Waals surface area contributed by atoms with Gasteiger partial charge in [0.2, 0.25) is 5.13 Å². The second-order valence-electron chi connectivity index (χ2n) is 2.81. The molecule has 1 heterocycles. The highest BCUT2D eigenvalue weighted by Gasteiger charge is 2.07. The van der Waals surface area contributed by atoms with E-state index in [0.29, 0.717) is 14.6 Å². The van der Waals surface area contributed by atoms with Crippen LogP contribution in [0.4, 0.5) is 9.52 Å². The monoisotopic (exact) mass is 272 g/mol. The summed E-state index contributed by atoms with van der Waals surface area (Å²) in [5.74, 6) is -0.697. The van der Waals surface area contributed by atoms with Gasteiger partial charge in [0.15, 0.2) is 3.95 Å². The maximum absolute atomic E-state index is 12.6. The molecule has 0 bridgehead atoms. The number of nitrogens with one attached hydrogen (secondary N) is 1. The van der Waals surface area contributed by atoms with Crippen molar-refractivity contribution < 1.29 is 9.18 Å². The number of amides is 1. The molecule has 7 heteroatoms. The molecule has 1 aromatic heterocycles. The van der Waals surface area contributed by atoms with Crippen molar-refractivity contribution >= 4 is 43.9 Å². The number of hydrogen-bond acceptors (Lipinski definition) is 5. The van der Waals surface area contributed by atoms with Crippen molar-refractivity contribution in [1.82, 2.24) is 4.98 Å². The van der Waals surface area contributed by atoms with Crippen LogP contribution in [-0.2, 0) is 0 Å². The molecule has 0 aliphatic heterocycles. The number of halogens is 1. The fourth-order valence-corrected chi connectivity index (χ4v) is 2.87. The van der Waals surface area contributed by atoms with Crippen LogP contribution in [-0.4, -0.2) is 10.9 Å². The van der Waals surface area contributed by atoms with Gasteiger partial charge in [-0.3, -0.25) is 10.1 Å². The van der Waals surface area contributed by atoms with Crippen LogP contribution in [0, 0.1) is 9.77 Å². The Bertz CT molecular complexity index is 561. The molecule has 0 unspecified atom stereocenters. The first kappa shape index (κ1) is 11.3. The third kappa shape index (κ3) is 2.69. The van der Waals surface area contributed by atoms with Crippen LogP contribution in [0.2, 0.25) is 0 Å². The molecule has 0 aliphatic rings. The van der Waals surface area contributed by atoms with Gasteiger partial charge in [-0.1, -0.05) is 0 Å². The van der Waals surface area contributed by atoms with Crippen LogP contribution in [0.5, 0.6) is 0 Å². The Morgan fingerprint density at radius 3 is 2.56 bits per heavy atom. The molecule has 0 atom stereocenters. The van der Waals surface area contributed by atoms with Gasteiger partial charge in [0, 0.05) is 5.56 Å². The lowest BCUT2D eigenvalue weighted by Crippen LogP contribution is -2.11. The molecular weight excluding hydrogens is 267 g/mol. The van der Waals surface area contributed by atoms with Crippen molar-refractivity contribution in [1.29, 1.82) is 0 Å². The van der Waals surface area contributed by atoms with Gasteiger partial charge in [-0.15, -0.1) is 0 Å². The maximum Gasteiger partial charge on any atom is 0.257 e. The van der Waals surface area contributed by atoms with Gasteiger partial charge < -0.3 is 0 Å². The van der Waals surface area contributed by atoms with Gasteiger partial charge in [-0.25, -0.2) is 4.39 Å². The van der Waals surface area contributed by atoms with Crippen LogP contribution in [0.15, 0.2) is 24.3 Å². The Kier molecular flexibility index (Phi) is 3.37. The molecule has 16 heavy (non-hydrogen) atoms. The van der Waals surface area contributed by atoms with Crippen molar-refractivity contribution in [2.75, 3.05) is 5.32 Å². The van der Waals surface area contributed by atoms with Crippen LogP contribution < -0.4 is 5.32 Å². The lowest BCUT2D eigenvalue weighted by molar-refractivity contribution is 0.102. The third-order valence-corrected chi connectivity index (χ3v) is 4.24. The Morgan fingerprint density at radius 1 is 1.31 bits per heavy atom. The molecule has 0 spiro atoms. The zero-order valence-electron chi connectivity index (χ0n) is 7.77. The number of benzene rings is 1. The SMILES string of the molecule is O=C(Nc1nc(=S)ss1)c1ccc(F)cc1. The number of nitrogens with zero attached hydrogens (tertiary/aromatic N) is 1. The molecule has 0 fully saturated rings. The van der Waals surface area contributed by atoms with Gasteiger partial charge >= 0.3 is 0 Å². The predicted molar refractivity (Wildman–Crippen MR) is 65.2 cm³/mol. The molecule has 1 N–H and O–H groups in total. The molecule has 0 radical (unpaired) electrons. The molecule has 2 aromatic rings. The first-order valence-electron chi connectivity index (χ1n) is 4.19. The first-order chi connectivity index (χ1) is 7.65. The van der Waals surface area contributed by atoms with Crippen LogP contribution in [0.25, 0.3) is 0 Å². The minimum Gasteiger partial charge on any atom is -0.297 e. The van der Waals surface area contributed by atoms with Gasteiger partial charge in [-0.05, 0) is 57.2 Å². The van der Waals surface area contributed by atoms with E-state index in [-0.39, 0.29) is 11.7 Å². The van der Waals surface area contributed by atoms with Crippen LogP contribution in [0.1, 0.15) is 10.4 Å². The number of anilines is 1. The fourth-order valence-electron chi connectivity index (χ4n) is 1.01.